The fraction of sp³-hybridized carbons (Fsp3) is 0.158. The largest absolute Gasteiger partial charge is 0.451 e. The normalized spacial score (nSPS) is 12.1. The van der Waals surface area contributed by atoms with Crippen LogP contribution in [0.15, 0.2) is 48.5 Å². The van der Waals surface area contributed by atoms with E-state index < -0.39 is 12.1 Å². The molecule has 0 aliphatic carbocycles. The summed E-state index contributed by atoms with van der Waals surface area (Å²) in [5.41, 5.74) is 8.73. The topological polar surface area (TPSA) is 85.2 Å². The molecule has 1 aromatic heterocycles. The van der Waals surface area contributed by atoms with E-state index in [1.807, 2.05) is 31.2 Å². The van der Waals surface area contributed by atoms with Crippen molar-refractivity contribution in [1.82, 2.24) is 4.98 Å². The zero-order valence-corrected chi connectivity index (χ0v) is 13.5. The van der Waals surface area contributed by atoms with Gasteiger partial charge in [0, 0.05) is 27.8 Å². The minimum absolute atomic E-state index is 0.228. The van der Waals surface area contributed by atoms with Crippen LogP contribution in [-0.4, -0.2) is 22.8 Å². The molecule has 3 aromatic rings. The van der Waals surface area contributed by atoms with Crippen molar-refractivity contribution in [3.8, 4) is 0 Å². The van der Waals surface area contributed by atoms with Crippen molar-refractivity contribution in [2.24, 2.45) is 0 Å². The predicted molar refractivity (Wildman–Crippen MR) is 93.1 cm³/mol. The van der Waals surface area contributed by atoms with Crippen LogP contribution < -0.4 is 5.73 Å². The molecule has 24 heavy (non-hydrogen) atoms. The summed E-state index contributed by atoms with van der Waals surface area (Å²) in [7, 11) is 0. The van der Waals surface area contributed by atoms with Gasteiger partial charge >= 0.3 is 5.97 Å². The van der Waals surface area contributed by atoms with Crippen LogP contribution in [0.25, 0.3) is 10.9 Å². The number of aryl methyl sites for hydroxylation is 1. The molecule has 1 heterocycles. The fourth-order valence-electron chi connectivity index (χ4n) is 2.70. The maximum atomic E-state index is 12.7. The number of aromatic nitrogens is 1. The number of esters is 1. The molecular formula is C19H18N2O3. The number of carbonyl (C=O) groups is 2. The summed E-state index contributed by atoms with van der Waals surface area (Å²) in [5.74, 6) is -0.776. The van der Waals surface area contributed by atoms with Gasteiger partial charge in [0.05, 0.1) is 5.56 Å². The second-order valence-corrected chi connectivity index (χ2v) is 5.70. The standard InChI is InChI=1S/C19H18N2O3/c1-11-17(15-5-3-4-6-16(15)21-11)18(22)12(2)24-19(23)13-7-9-14(20)10-8-13/h3-10,12,21H,20H2,1-2H3/t12-/m1/s1. The molecule has 5 nitrogen and oxygen atoms in total. The van der Waals surface area contributed by atoms with Gasteiger partial charge < -0.3 is 15.5 Å². The second-order valence-electron chi connectivity index (χ2n) is 5.70. The number of carbonyl (C=O) groups excluding carboxylic acids is 2. The van der Waals surface area contributed by atoms with Gasteiger partial charge in [0.1, 0.15) is 0 Å². The maximum absolute atomic E-state index is 12.7. The lowest BCUT2D eigenvalue weighted by Crippen LogP contribution is -2.24. The molecule has 1 atom stereocenters. The number of nitrogens with two attached hydrogens (primary N) is 1. The number of hydrogen-bond acceptors (Lipinski definition) is 4. The molecule has 0 aliphatic heterocycles. The molecular weight excluding hydrogens is 304 g/mol. The molecule has 5 heteroatoms. The molecule has 0 saturated carbocycles. The summed E-state index contributed by atoms with van der Waals surface area (Å²) >= 11 is 0. The van der Waals surface area contributed by atoms with Gasteiger partial charge in [0.25, 0.3) is 0 Å². The number of ketones is 1. The SMILES string of the molecule is Cc1[nH]c2ccccc2c1C(=O)[C@@H](C)OC(=O)c1ccc(N)cc1. The average Bonchev–Trinajstić information content (AvgIpc) is 2.90. The Balaban J connectivity index is 1.82. The smallest absolute Gasteiger partial charge is 0.338 e. The van der Waals surface area contributed by atoms with Crippen LogP contribution in [0.4, 0.5) is 5.69 Å². The number of nitrogens with one attached hydrogen (secondary N) is 1. The van der Waals surface area contributed by atoms with Crippen LogP contribution in [0.3, 0.4) is 0 Å². The first-order valence-corrected chi connectivity index (χ1v) is 7.65. The van der Waals surface area contributed by atoms with E-state index in [4.69, 9.17) is 10.5 Å². The van der Waals surface area contributed by atoms with Crippen molar-refractivity contribution < 1.29 is 14.3 Å². The van der Waals surface area contributed by atoms with Crippen LogP contribution >= 0.6 is 0 Å². The number of Topliss-reactive ketones (excluding diaryl/α,β-unsaturated/α-hetero) is 1. The van der Waals surface area contributed by atoms with E-state index in [0.717, 1.165) is 16.6 Å². The third-order valence-electron chi connectivity index (χ3n) is 3.94. The molecule has 0 radical (unpaired) electrons. The number of benzene rings is 2. The maximum Gasteiger partial charge on any atom is 0.338 e. The number of H-pyrrole nitrogens is 1. The Hall–Kier alpha value is -3.08. The highest BCUT2D eigenvalue weighted by Crippen LogP contribution is 2.24. The highest BCUT2D eigenvalue weighted by Gasteiger charge is 2.24. The van der Waals surface area contributed by atoms with Gasteiger partial charge in [0.15, 0.2) is 6.10 Å². The van der Waals surface area contributed by atoms with E-state index in [1.54, 1.807) is 31.2 Å². The Morgan fingerprint density at radius 3 is 2.46 bits per heavy atom. The molecule has 0 saturated heterocycles. The van der Waals surface area contributed by atoms with Crippen LogP contribution in [0.5, 0.6) is 0 Å². The van der Waals surface area contributed by atoms with Crippen LogP contribution in [-0.2, 0) is 4.74 Å². The number of hydrogen-bond donors (Lipinski definition) is 2. The lowest BCUT2D eigenvalue weighted by atomic mass is 10.0. The lowest BCUT2D eigenvalue weighted by Gasteiger charge is -2.12. The zero-order valence-electron chi connectivity index (χ0n) is 13.5. The Labute approximate surface area is 139 Å². The van der Waals surface area contributed by atoms with Crippen molar-refractivity contribution in [1.29, 1.82) is 0 Å². The summed E-state index contributed by atoms with van der Waals surface area (Å²) < 4.78 is 5.32. The minimum atomic E-state index is -0.882. The van der Waals surface area contributed by atoms with Crippen LogP contribution in [0, 0.1) is 6.92 Å². The predicted octanol–water partition coefficient (Wildman–Crippen LogP) is 3.49. The highest BCUT2D eigenvalue weighted by atomic mass is 16.5. The highest BCUT2D eigenvalue weighted by molar-refractivity contribution is 6.11. The first kappa shape index (κ1) is 15.8. The molecule has 2 aromatic carbocycles. The summed E-state index contributed by atoms with van der Waals surface area (Å²) in [4.78, 5) is 28.1. The molecule has 0 amide bonds. The van der Waals surface area contributed by atoms with E-state index in [2.05, 4.69) is 4.98 Å². The monoisotopic (exact) mass is 322 g/mol. The van der Waals surface area contributed by atoms with Crippen molar-refractivity contribution in [3.05, 3.63) is 65.4 Å². The summed E-state index contributed by atoms with van der Waals surface area (Å²) in [6.07, 6.45) is -0.882. The van der Waals surface area contributed by atoms with Crippen molar-refractivity contribution in [2.75, 3.05) is 5.73 Å². The number of nitrogen functional groups attached to an aromatic ring is 1. The van der Waals surface area contributed by atoms with E-state index >= 15 is 0 Å². The first-order valence-electron chi connectivity index (χ1n) is 7.65. The van der Waals surface area contributed by atoms with Crippen LogP contribution in [0.2, 0.25) is 0 Å². The van der Waals surface area contributed by atoms with Crippen molar-refractivity contribution in [3.63, 3.8) is 0 Å². The molecule has 3 N–H and O–H groups in total. The number of rotatable bonds is 4. The van der Waals surface area contributed by atoms with E-state index in [9.17, 15) is 9.59 Å². The van der Waals surface area contributed by atoms with E-state index in [1.165, 1.54) is 0 Å². The number of para-hydroxylation sites is 1. The molecule has 0 unspecified atom stereocenters. The lowest BCUT2D eigenvalue weighted by molar-refractivity contribution is 0.0319. The van der Waals surface area contributed by atoms with Gasteiger partial charge in [-0.2, -0.15) is 0 Å². The Bertz CT molecular complexity index is 910. The van der Waals surface area contributed by atoms with Gasteiger partial charge in [-0.1, -0.05) is 18.2 Å². The summed E-state index contributed by atoms with van der Waals surface area (Å²) in [5, 5.41) is 0.829. The average molecular weight is 322 g/mol. The molecule has 0 bridgehead atoms. The van der Waals surface area contributed by atoms with E-state index in [-0.39, 0.29) is 5.78 Å². The number of fused-ring (bicyclic) bond motifs is 1. The first-order chi connectivity index (χ1) is 11.5. The van der Waals surface area contributed by atoms with Gasteiger partial charge in [-0.05, 0) is 44.2 Å². The van der Waals surface area contributed by atoms with Crippen LogP contribution in [0.1, 0.15) is 33.3 Å². The van der Waals surface area contributed by atoms with Gasteiger partial charge in [-0.25, -0.2) is 4.79 Å². The van der Waals surface area contributed by atoms with Gasteiger partial charge in [-0.15, -0.1) is 0 Å². The number of ether oxygens (including phenoxy) is 1. The molecule has 122 valence electrons. The summed E-state index contributed by atoms with van der Waals surface area (Å²) in [6, 6.07) is 13.9. The Morgan fingerprint density at radius 1 is 1.08 bits per heavy atom. The minimum Gasteiger partial charge on any atom is -0.451 e. The quantitative estimate of drug-likeness (QED) is 0.437. The van der Waals surface area contributed by atoms with Crippen molar-refractivity contribution >= 4 is 28.3 Å². The number of anilines is 1. The second kappa shape index (κ2) is 6.20. The third-order valence-corrected chi connectivity index (χ3v) is 3.94. The number of aromatic amines is 1. The molecule has 0 fully saturated rings. The van der Waals surface area contributed by atoms with Crippen molar-refractivity contribution in [2.45, 2.75) is 20.0 Å². The summed E-state index contributed by atoms with van der Waals surface area (Å²) in [6.45, 7) is 3.42. The molecule has 0 aliphatic rings. The van der Waals surface area contributed by atoms with Gasteiger partial charge in [-0.3, -0.25) is 4.79 Å². The van der Waals surface area contributed by atoms with E-state index in [0.29, 0.717) is 16.8 Å². The molecule has 3 rings (SSSR count). The zero-order chi connectivity index (χ0) is 17.3. The van der Waals surface area contributed by atoms with Gasteiger partial charge in [0.2, 0.25) is 5.78 Å². The molecule has 0 spiro atoms. The third kappa shape index (κ3) is 2.88. The fourth-order valence-corrected chi connectivity index (χ4v) is 2.70. The Kier molecular flexibility index (Phi) is 4.08. The Morgan fingerprint density at radius 2 is 1.75 bits per heavy atom.